The van der Waals surface area contributed by atoms with Crippen molar-refractivity contribution in [2.45, 2.75) is 68.7 Å². The molecular formula is C27H30O10. The van der Waals surface area contributed by atoms with Gasteiger partial charge < -0.3 is 39.7 Å². The van der Waals surface area contributed by atoms with Crippen LogP contribution in [0.2, 0.25) is 0 Å². The van der Waals surface area contributed by atoms with Crippen LogP contribution in [0.5, 0.6) is 17.2 Å². The zero-order chi connectivity index (χ0) is 26.4. The minimum atomic E-state index is -1.73. The normalized spacial score (nSPS) is 28.0. The number of carbonyl (C=O) groups is 2. The van der Waals surface area contributed by atoms with E-state index >= 15 is 0 Å². The Morgan fingerprint density at radius 3 is 2.27 bits per heavy atom. The van der Waals surface area contributed by atoms with Gasteiger partial charge in [-0.3, -0.25) is 9.59 Å². The number of phenolic OH excluding ortho intramolecular Hbond substituents is 1. The molecule has 0 aromatic heterocycles. The number of phenols is 1. The number of methoxy groups -OCH3 is 1. The maximum Gasteiger partial charge on any atom is 0.229 e. The summed E-state index contributed by atoms with van der Waals surface area (Å²) in [6.07, 6.45) is -2.67. The first kappa shape index (κ1) is 25.6. The predicted molar refractivity (Wildman–Crippen MR) is 128 cm³/mol. The number of aromatic hydroxyl groups is 1. The van der Waals surface area contributed by atoms with Crippen LogP contribution in [-0.2, 0) is 4.74 Å². The molecule has 1 saturated carbocycles. The van der Waals surface area contributed by atoms with Crippen molar-refractivity contribution in [3.63, 3.8) is 0 Å². The minimum absolute atomic E-state index is 0.00312. The molecule has 0 radical (unpaired) electrons. The highest BCUT2D eigenvalue weighted by molar-refractivity contribution is 6.30. The second-order valence-electron chi connectivity index (χ2n) is 9.82. The van der Waals surface area contributed by atoms with E-state index in [0.29, 0.717) is 0 Å². The van der Waals surface area contributed by atoms with E-state index < -0.39 is 48.9 Å². The average Bonchev–Trinajstić information content (AvgIpc) is 2.91. The number of rotatable bonds is 5. The number of aliphatic hydroxyl groups is 4. The Morgan fingerprint density at radius 2 is 1.59 bits per heavy atom. The van der Waals surface area contributed by atoms with Gasteiger partial charge in [0.05, 0.1) is 24.8 Å². The van der Waals surface area contributed by atoms with Crippen LogP contribution >= 0.6 is 0 Å². The van der Waals surface area contributed by atoms with Gasteiger partial charge in [-0.2, -0.15) is 0 Å². The highest BCUT2D eigenvalue weighted by Gasteiger charge is 2.46. The Bertz CT molecular complexity index is 1220. The zero-order valence-corrected chi connectivity index (χ0v) is 20.3. The molecule has 1 aliphatic heterocycles. The third-order valence-electron chi connectivity index (χ3n) is 7.56. The summed E-state index contributed by atoms with van der Waals surface area (Å²) in [6.45, 7) is -0.664. The van der Waals surface area contributed by atoms with E-state index in [1.54, 1.807) is 12.1 Å². The molecule has 37 heavy (non-hydrogen) atoms. The smallest absolute Gasteiger partial charge is 0.229 e. The zero-order valence-electron chi connectivity index (χ0n) is 20.3. The van der Waals surface area contributed by atoms with Crippen molar-refractivity contribution in [1.82, 2.24) is 0 Å². The number of fused-ring (bicyclic) bond motifs is 2. The minimum Gasteiger partial charge on any atom is -0.507 e. The molecule has 5 N–H and O–H groups in total. The molecular weight excluding hydrogens is 484 g/mol. The van der Waals surface area contributed by atoms with Crippen LogP contribution < -0.4 is 9.47 Å². The van der Waals surface area contributed by atoms with E-state index in [1.165, 1.54) is 19.2 Å². The maximum atomic E-state index is 13.7. The highest BCUT2D eigenvalue weighted by atomic mass is 16.7. The molecule has 10 nitrogen and oxygen atoms in total. The van der Waals surface area contributed by atoms with Crippen molar-refractivity contribution in [3.8, 4) is 17.2 Å². The number of ether oxygens (including phenoxy) is 3. The van der Waals surface area contributed by atoms with Crippen molar-refractivity contribution >= 4 is 11.6 Å². The topological polar surface area (TPSA) is 163 Å². The molecule has 2 aliphatic carbocycles. The van der Waals surface area contributed by atoms with Crippen molar-refractivity contribution in [2.75, 3.05) is 13.7 Å². The van der Waals surface area contributed by atoms with Gasteiger partial charge in [0.25, 0.3) is 0 Å². The summed E-state index contributed by atoms with van der Waals surface area (Å²) < 4.78 is 16.5. The highest BCUT2D eigenvalue weighted by Crippen LogP contribution is 2.43. The molecule has 1 saturated heterocycles. The quantitative estimate of drug-likeness (QED) is 0.336. The van der Waals surface area contributed by atoms with Crippen LogP contribution in [0.4, 0.5) is 0 Å². The van der Waals surface area contributed by atoms with Crippen molar-refractivity contribution in [1.29, 1.82) is 0 Å². The Labute approximate surface area is 213 Å². The number of hydrogen-bond donors (Lipinski definition) is 5. The fourth-order valence-electron chi connectivity index (χ4n) is 5.51. The molecule has 1 heterocycles. The van der Waals surface area contributed by atoms with Gasteiger partial charge in [-0.05, 0) is 42.5 Å². The Kier molecular flexibility index (Phi) is 6.95. The van der Waals surface area contributed by atoms with Crippen LogP contribution in [0.25, 0.3) is 0 Å². The van der Waals surface area contributed by atoms with Gasteiger partial charge in [0, 0.05) is 17.2 Å². The standard InChI is InChI=1S/C27H30O10/c1-35-14-9-16-21(18(10-14)36-27-26(34)25(33)23(31)19(11-28)37-27)24(32)20-15(22(16)30)7-13(8-17(20)29)12-5-3-2-4-6-12/h7-10,12,19,23,25-29,31,33-34H,2-6,11H2,1H3/t19-,23-,25+,26-,27-/m1/s1. The van der Waals surface area contributed by atoms with Gasteiger partial charge in [-0.15, -0.1) is 0 Å². The Balaban J connectivity index is 1.56. The van der Waals surface area contributed by atoms with Crippen molar-refractivity contribution in [3.05, 3.63) is 52.1 Å². The van der Waals surface area contributed by atoms with Crippen molar-refractivity contribution in [2.24, 2.45) is 0 Å². The lowest BCUT2D eigenvalue weighted by Gasteiger charge is -2.39. The molecule has 2 aromatic carbocycles. The molecule has 5 atom stereocenters. The molecule has 2 aromatic rings. The van der Waals surface area contributed by atoms with Gasteiger partial charge >= 0.3 is 0 Å². The summed E-state index contributed by atoms with van der Waals surface area (Å²) in [5.74, 6) is -1.23. The number of ketones is 2. The molecule has 10 heteroatoms. The van der Waals surface area contributed by atoms with Crippen LogP contribution in [0, 0.1) is 0 Å². The fraction of sp³-hybridized carbons (Fsp3) is 0.481. The molecule has 0 bridgehead atoms. The van der Waals surface area contributed by atoms with E-state index in [0.717, 1.165) is 37.7 Å². The van der Waals surface area contributed by atoms with Gasteiger partial charge in [0.2, 0.25) is 12.1 Å². The molecule has 0 amide bonds. The van der Waals surface area contributed by atoms with Crippen LogP contribution in [0.3, 0.4) is 0 Å². The van der Waals surface area contributed by atoms with Crippen molar-refractivity contribution < 1.29 is 49.3 Å². The SMILES string of the molecule is COc1cc(O[C@@H]2O[C@H](CO)[C@@H](O)[C@H](O)[C@H]2O)c2c(c1)C(=O)c1cc(C3CCCCC3)cc(O)c1C2=O. The lowest BCUT2D eigenvalue weighted by molar-refractivity contribution is -0.277. The first-order valence-corrected chi connectivity index (χ1v) is 12.4. The summed E-state index contributed by atoms with van der Waals surface area (Å²) in [5.41, 5.74) is 0.625. The summed E-state index contributed by atoms with van der Waals surface area (Å²) in [5, 5.41) is 51.0. The Morgan fingerprint density at radius 1 is 0.892 bits per heavy atom. The lowest BCUT2D eigenvalue weighted by Crippen LogP contribution is -2.60. The lowest BCUT2D eigenvalue weighted by atomic mass is 9.78. The van der Waals surface area contributed by atoms with Gasteiger partial charge in [0.15, 0.2) is 5.78 Å². The summed E-state index contributed by atoms with van der Waals surface area (Å²) in [6, 6.07) is 5.96. The van der Waals surface area contributed by atoms with Gasteiger partial charge in [0.1, 0.15) is 41.7 Å². The first-order valence-electron chi connectivity index (χ1n) is 12.4. The van der Waals surface area contributed by atoms with Crippen LogP contribution in [0.1, 0.15) is 75.4 Å². The third kappa shape index (κ3) is 4.38. The third-order valence-corrected chi connectivity index (χ3v) is 7.56. The molecule has 0 unspecified atom stereocenters. The number of hydrogen-bond acceptors (Lipinski definition) is 10. The Hall–Kier alpha value is -3.02. The van der Waals surface area contributed by atoms with Crippen LogP contribution in [0.15, 0.2) is 24.3 Å². The maximum absolute atomic E-state index is 13.7. The predicted octanol–water partition coefficient (Wildman–Crippen LogP) is 1.40. The summed E-state index contributed by atoms with van der Waals surface area (Å²) in [7, 11) is 1.37. The molecule has 0 spiro atoms. The first-order chi connectivity index (χ1) is 17.7. The van der Waals surface area contributed by atoms with E-state index in [-0.39, 0.29) is 45.4 Å². The second kappa shape index (κ2) is 10.0. The number of benzene rings is 2. The fourth-order valence-corrected chi connectivity index (χ4v) is 5.51. The molecule has 2 fully saturated rings. The average molecular weight is 515 g/mol. The molecule has 198 valence electrons. The van der Waals surface area contributed by atoms with E-state index in [4.69, 9.17) is 14.2 Å². The molecule has 5 rings (SSSR count). The van der Waals surface area contributed by atoms with Gasteiger partial charge in [-0.25, -0.2) is 0 Å². The number of aliphatic hydroxyl groups excluding tert-OH is 4. The van der Waals surface area contributed by atoms with E-state index in [2.05, 4.69) is 0 Å². The summed E-state index contributed by atoms with van der Waals surface area (Å²) in [4.78, 5) is 27.3. The van der Waals surface area contributed by atoms with E-state index in [1.807, 2.05) is 0 Å². The molecule has 3 aliphatic rings. The largest absolute Gasteiger partial charge is 0.507 e. The van der Waals surface area contributed by atoms with Crippen LogP contribution in [-0.4, -0.2) is 81.5 Å². The summed E-state index contributed by atoms with van der Waals surface area (Å²) >= 11 is 0. The van der Waals surface area contributed by atoms with E-state index in [9.17, 15) is 35.1 Å². The second-order valence-corrected chi connectivity index (χ2v) is 9.82. The number of carbonyl (C=O) groups excluding carboxylic acids is 2. The van der Waals surface area contributed by atoms with Gasteiger partial charge in [-0.1, -0.05) is 19.3 Å². The monoisotopic (exact) mass is 514 g/mol.